The van der Waals surface area contributed by atoms with E-state index < -0.39 is 0 Å². The molecule has 0 aliphatic carbocycles. The van der Waals surface area contributed by atoms with Gasteiger partial charge in [-0.1, -0.05) is 6.07 Å². The van der Waals surface area contributed by atoms with E-state index in [2.05, 4.69) is 10.6 Å². The molecule has 1 atom stereocenters. The predicted molar refractivity (Wildman–Crippen MR) is 94.3 cm³/mol. The molecule has 1 aliphatic rings. The van der Waals surface area contributed by atoms with Crippen LogP contribution in [0, 0.1) is 5.92 Å². The maximum atomic E-state index is 12.3. The standard InChI is InChI=1S/C18H25N3O4/c1-3-25-18(24)14-7-5-9-21(11-14)12-16(22)20-15-8-4-6-13(10-15)17(23)19-2/h4,6,8,10,14H,3,5,7,9,11-12H2,1-2H3,(H,19,23)(H,20,22)/t14-/m0/s1. The topological polar surface area (TPSA) is 87.7 Å². The van der Waals surface area contributed by atoms with Crippen molar-refractivity contribution in [3.8, 4) is 0 Å². The first-order valence-electron chi connectivity index (χ1n) is 8.54. The maximum absolute atomic E-state index is 12.3. The van der Waals surface area contributed by atoms with Gasteiger partial charge in [0, 0.05) is 24.8 Å². The van der Waals surface area contributed by atoms with Crippen LogP contribution in [0.5, 0.6) is 0 Å². The van der Waals surface area contributed by atoms with Gasteiger partial charge in [-0.05, 0) is 44.5 Å². The van der Waals surface area contributed by atoms with Crippen LogP contribution < -0.4 is 10.6 Å². The summed E-state index contributed by atoms with van der Waals surface area (Å²) in [7, 11) is 1.56. The van der Waals surface area contributed by atoms with Crippen molar-refractivity contribution in [3.05, 3.63) is 29.8 Å². The van der Waals surface area contributed by atoms with E-state index in [1.54, 1.807) is 38.2 Å². The van der Waals surface area contributed by atoms with E-state index in [1.165, 1.54) is 0 Å². The average Bonchev–Trinajstić information content (AvgIpc) is 2.61. The number of piperidine rings is 1. The molecule has 0 saturated carbocycles. The Kier molecular flexibility index (Phi) is 6.94. The lowest BCUT2D eigenvalue weighted by Gasteiger charge is -2.30. The molecule has 1 aliphatic heterocycles. The summed E-state index contributed by atoms with van der Waals surface area (Å²) in [5, 5.41) is 5.35. The first kappa shape index (κ1) is 18.9. The molecule has 1 saturated heterocycles. The summed E-state index contributed by atoms with van der Waals surface area (Å²) in [4.78, 5) is 37.7. The second-order valence-electron chi connectivity index (χ2n) is 6.03. The zero-order chi connectivity index (χ0) is 18.2. The first-order chi connectivity index (χ1) is 12.0. The number of ether oxygens (including phenoxy) is 1. The summed E-state index contributed by atoms with van der Waals surface area (Å²) in [6.45, 7) is 3.68. The van der Waals surface area contributed by atoms with Crippen LogP contribution in [-0.2, 0) is 14.3 Å². The Morgan fingerprint density at radius 3 is 2.84 bits per heavy atom. The Morgan fingerprint density at radius 2 is 2.12 bits per heavy atom. The van der Waals surface area contributed by atoms with Gasteiger partial charge in [-0.25, -0.2) is 0 Å². The van der Waals surface area contributed by atoms with Crippen molar-refractivity contribution in [1.82, 2.24) is 10.2 Å². The molecule has 0 unspecified atom stereocenters. The van der Waals surface area contributed by atoms with Crippen LogP contribution in [0.4, 0.5) is 5.69 Å². The highest BCUT2D eigenvalue weighted by molar-refractivity contribution is 5.97. The number of benzene rings is 1. The van der Waals surface area contributed by atoms with Crippen molar-refractivity contribution < 1.29 is 19.1 Å². The van der Waals surface area contributed by atoms with E-state index in [1.807, 2.05) is 4.90 Å². The number of amides is 2. The molecule has 7 nitrogen and oxygen atoms in total. The lowest BCUT2D eigenvalue weighted by molar-refractivity contribution is -0.150. The van der Waals surface area contributed by atoms with Crippen LogP contribution in [0.15, 0.2) is 24.3 Å². The number of esters is 1. The van der Waals surface area contributed by atoms with Crippen LogP contribution in [0.3, 0.4) is 0 Å². The summed E-state index contributed by atoms with van der Waals surface area (Å²) in [5.41, 5.74) is 1.06. The van der Waals surface area contributed by atoms with E-state index in [-0.39, 0.29) is 30.2 Å². The van der Waals surface area contributed by atoms with Crippen LogP contribution in [0.1, 0.15) is 30.1 Å². The van der Waals surface area contributed by atoms with Crippen molar-refractivity contribution in [2.24, 2.45) is 5.92 Å². The molecule has 0 spiro atoms. The molecule has 0 aromatic heterocycles. The minimum absolute atomic E-state index is 0.168. The fourth-order valence-corrected chi connectivity index (χ4v) is 2.94. The molecule has 1 fully saturated rings. The molecule has 1 aromatic carbocycles. The summed E-state index contributed by atoms with van der Waals surface area (Å²) in [6.07, 6.45) is 1.66. The van der Waals surface area contributed by atoms with E-state index in [4.69, 9.17) is 4.74 Å². The summed E-state index contributed by atoms with van der Waals surface area (Å²) in [5.74, 6) is -0.730. The van der Waals surface area contributed by atoms with Gasteiger partial charge in [-0.2, -0.15) is 0 Å². The van der Waals surface area contributed by atoms with Gasteiger partial charge >= 0.3 is 5.97 Å². The average molecular weight is 347 g/mol. The zero-order valence-electron chi connectivity index (χ0n) is 14.7. The molecular formula is C18H25N3O4. The highest BCUT2D eigenvalue weighted by Gasteiger charge is 2.27. The largest absolute Gasteiger partial charge is 0.466 e. The fourth-order valence-electron chi connectivity index (χ4n) is 2.94. The monoisotopic (exact) mass is 347 g/mol. The molecule has 25 heavy (non-hydrogen) atoms. The quantitative estimate of drug-likeness (QED) is 0.757. The number of nitrogens with zero attached hydrogens (tertiary/aromatic N) is 1. The van der Waals surface area contributed by atoms with Crippen molar-refractivity contribution in [2.45, 2.75) is 19.8 Å². The van der Waals surface area contributed by atoms with Gasteiger partial charge in [-0.15, -0.1) is 0 Å². The molecule has 0 radical (unpaired) electrons. The third-order valence-corrected chi connectivity index (χ3v) is 4.13. The number of carbonyl (C=O) groups excluding carboxylic acids is 3. The minimum Gasteiger partial charge on any atom is -0.466 e. The van der Waals surface area contributed by atoms with Gasteiger partial charge in [-0.3, -0.25) is 19.3 Å². The Morgan fingerprint density at radius 1 is 1.32 bits per heavy atom. The van der Waals surface area contributed by atoms with E-state index in [0.717, 1.165) is 19.4 Å². The molecule has 2 N–H and O–H groups in total. The van der Waals surface area contributed by atoms with E-state index in [9.17, 15) is 14.4 Å². The predicted octanol–water partition coefficient (Wildman–Crippen LogP) is 1.26. The number of rotatable bonds is 6. The summed E-state index contributed by atoms with van der Waals surface area (Å²) < 4.78 is 5.07. The van der Waals surface area contributed by atoms with Crippen molar-refractivity contribution in [3.63, 3.8) is 0 Å². The second kappa shape index (κ2) is 9.17. The Labute approximate surface area is 147 Å². The smallest absolute Gasteiger partial charge is 0.310 e. The molecule has 2 rings (SSSR count). The SMILES string of the molecule is CCOC(=O)[C@H]1CCCN(CC(=O)Nc2cccc(C(=O)NC)c2)C1. The third kappa shape index (κ3) is 5.56. The zero-order valence-corrected chi connectivity index (χ0v) is 14.7. The molecule has 7 heteroatoms. The van der Waals surface area contributed by atoms with E-state index >= 15 is 0 Å². The van der Waals surface area contributed by atoms with Crippen LogP contribution in [0.2, 0.25) is 0 Å². The maximum Gasteiger partial charge on any atom is 0.310 e. The van der Waals surface area contributed by atoms with Gasteiger partial charge in [0.2, 0.25) is 5.91 Å². The van der Waals surface area contributed by atoms with E-state index in [0.29, 0.717) is 24.4 Å². The van der Waals surface area contributed by atoms with Crippen LogP contribution in [0.25, 0.3) is 0 Å². The number of likely N-dealkylation sites (tertiary alicyclic amines) is 1. The molecule has 136 valence electrons. The second-order valence-corrected chi connectivity index (χ2v) is 6.03. The van der Waals surface area contributed by atoms with Gasteiger partial charge in [0.05, 0.1) is 19.1 Å². The van der Waals surface area contributed by atoms with Crippen molar-refractivity contribution >= 4 is 23.5 Å². The third-order valence-electron chi connectivity index (χ3n) is 4.13. The minimum atomic E-state index is -0.204. The van der Waals surface area contributed by atoms with Gasteiger partial charge < -0.3 is 15.4 Å². The Hall–Kier alpha value is -2.41. The Balaban J connectivity index is 1.89. The van der Waals surface area contributed by atoms with Crippen molar-refractivity contribution in [2.75, 3.05) is 38.6 Å². The summed E-state index contributed by atoms with van der Waals surface area (Å²) in [6, 6.07) is 6.78. The van der Waals surface area contributed by atoms with Crippen LogP contribution >= 0.6 is 0 Å². The normalized spacial score (nSPS) is 17.6. The molecule has 1 aromatic rings. The first-order valence-corrected chi connectivity index (χ1v) is 8.54. The number of hydrogen-bond donors (Lipinski definition) is 2. The van der Waals surface area contributed by atoms with Crippen LogP contribution in [-0.4, -0.2) is 56.0 Å². The van der Waals surface area contributed by atoms with Gasteiger partial charge in [0.25, 0.3) is 5.91 Å². The summed E-state index contributed by atoms with van der Waals surface area (Å²) >= 11 is 0. The molecule has 1 heterocycles. The molecule has 2 amide bonds. The lowest BCUT2D eigenvalue weighted by atomic mass is 9.98. The fraction of sp³-hybridized carbons (Fsp3) is 0.500. The molecule has 0 bridgehead atoms. The van der Waals surface area contributed by atoms with Crippen molar-refractivity contribution in [1.29, 1.82) is 0 Å². The number of carbonyl (C=O) groups is 3. The lowest BCUT2D eigenvalue weighted by Crippen LogP contribution is -2.43. The highest BCUT2D eigenvalue weighted by atomic mass is 16.5. The van der Waals surface area contributed by atoms with Gasteiger partial charge in [0.1, 0.15) is 0 Å². The number of nitrogens with one attached hydrogen (secondary N) is 2. The molecular weight excluding hydrogens is 322 g/mol. The Bertz CT molecular complexity index is 633. The number of hydrogen-bond acceptors (Lipinski definition) is 5. The highest BCUT2D eigenvalue weighted by Crippen LogP contribution is 2.18. The number of anilines is 1. The van der Waals surface area contributed by atoms with Gasteiger partial charge in [0.15, 0.2) is 0 Å².